The molecule has 0 aromatic heterocycles. The Hall–Kier alpha value is -1.02. The molecule has 1 aromatic rings. The molecule has 0 unspecified atom stereocenters. The molecule has 0 bridgehead atoms. The maximum absolute atomic E-state index is 5.88. The summed E-state index contributed by atoms with van der Waals surface area (Å²) in [6.07, 6.45) is 4.71. The molecule has 0 saturated carbocycles. The smallest absolute Gasteiger partial charge is 0.123 e. The number of aryl methyl sites for hydroxylation is 1. The van der Waals surface area contributed by atoms with Crippen LogP contribution in [0.1, 0.15) is 37.8 Å². The number of hydrogen-bond donors (Lipinski definition) is 1. The van der Waals surface area contributed by atoms with Gasteiger partial charge in [0, 0.05) is 6.42 Å². The summed E-state index contributed by atoms with van der Waals surface area (Å²) < 4.78 is 5.88. The summed E-state index contributed by atoms with van der Waals surface area (Å²) in [7, 11) is 2.01. The molecule has 0 fully saturated rings. The third-order valence-corrected chi connectivity index (χ3v) is 3.27. The summed E-state index contributed by atoms with van der Waals surface area (Å²) in [6.45, 7) is 5.42. The first kappa shape index (κ1) is 12.4. The van der Waals surface area contributed by atoms with Crippen molar-refractivity contribution in [3.63, 3.8) is 0 Å². The Morgan fingerprint density at radius 2 is 2.12 bits per heavy atom. The van der Waals surface area contributed by atoms with Crippen molar-refractivity contribution in [2.75, 3.05) is 13.6 Å². The Bertz CT molecular complexity index is 385. The van der Waals surface area contributed by atoms with E-state index in [0.717, 1.165) is 18.7 Å². The maximum atomic E-state index is 5.88. The van der Waals surface area contributed by atoms with E-state index in [9.17, 15) is 0 Å². The lowest BCUT2D eigenvalue weighted by Crippen LogP contribution is -2.24. The van der Waals surface area contributed by atoms with Crippen molar-refractivity contribution in [1.29, 1.82) is 0 Å². The zero-order valence-electron chi connectivity index (χ0n) is 11.2. The first-order valence-corrected chi connectivity index (χ1v) is 6.56. The fourth-order valence-electron chi connectivity index (χ4n) is 2.45. The van der Waals surface area contributed by atoms with E-state index >= 15 is 0 Å². The summed E-state index contributed by atoms with van der Waals surface area (Å²) in [5.74, 6) is 1.08. The van der Waals surface area contributed by atoms with Gasteiger partial charge in [0.25, 0.3) is 0 Å². The fourth-order valence-corrected chi connectivity index (χ4v) is 2.45. The summed E-state index contributed by atoms with van der Waals surface area (Å²) in [4.78, 5) is 0. The lowest BCUT2D eigenvalue weighted by atomic mass is 9.98. The summed E-state index contributed by atoms with van der Waals surface area (Å²) in [6, 6.07) is 6.67. The lowest BCUT2D eigenvalue weighted by Gasteiger charge is -2.16. The van der Waals surface area contributed by atoms with Crippen LogP contribution in [0.2, 0.25) is 0 Å². The van der Waals surface area contributed by atoms with Gasteiger partial charge in [0.1, 0.15) is 11.4 Å². The van der Waals surface area contributed by atoms with Gasteiger partial charge in [-0.1, -0.05) is 12.1 Å². The molecule has 0 aliphatic carbocycles. The molecular weight excluding hydrogens is 210 g/mol. The standard InChI is InChI=1S/C15H23NO/c1-15(2)11-13-10-12(6-4-5-9-16-3)7-8-14(13)17-15/h7-8,10,16H,4-6,9,11H2,1-3H3. The summed E-state index contributed by atoms with van der Waals surface area (Å²) >= 11 is 0. The van der Waals surface area contributed by atoms with Crippen LogP contribution in [-0.2, 0) is 12.8 Å². The number of rotatable bonds is 5. The molecule has 1 aliphatic heterocycles. The third kappa shape index (κ3) is 3.22. The molecule has 1 aliphatic rings. The first-order chi connectivity index (χ1) is 8.11. The molecule has 1 aromatic carbocycles. The van der Waals surface area contributed by atoms with Crippen LogP contribution < -0.4 is 10.1 Å². The highest BCUT2D eigenvalue weighted by Crippen LogP contribution is 2.35. The Balaban J connectivity index is 1.94. The van der Waals surface area contributed by atoms with Crippen molar-refractivity contribution in [1.82, 2.24) is 5.32 Å². The topological polar surface area (TPSA) is 21.3 Å². The zero-order valence-corrected chi connectivity index (χ0v) is 11.2. The first-order valence-electron chi connectivity index (χ1n) is 6.56. The average molecular weight is 233 g/mol. The van der Waals surface area contributed by atoms with Crippen LogP contribution in [0.5, 0.6) is 5.75 Å². The van der Waals surface area contributed by atoms with Gasteiger partial charge < -0.3 is 10.1 Å². The van der Waals surface area contributed by atoms with Crippen molar-refractivity contribution >= 4 is 0 Å². The number of ether oxygens (including phenoxy) is 1. The predicted octanol–water partition coefficient (Wildman–Crippen LogP) is 2.94. The van der Waals surface area contributed by atoms with E-state index in [1.807, 2.05) is 7.05 Å². The monoisotopic (exact) mass is 233 g/mol. The number of fused-ring (bicyclic) bond motifs is 1. The van der Waals surface area contributed by atoms with Gasteiger partial charge in [-0.2, -0.15) is 0 Å². The summed E-state index contributed by atoms with van der Waals surface area (Å²) in [5, 5.41) is 3.19. The van der Waals surface area contributed by atoms with Crippen LogP contribution in [0.25, 0.3) is 0 Å². The Morgan fingerprint density at radius 1 is 1.29 bits per heavy atom. The van der Waals surface area contributed by atoms with E-state index in [-0.39, 0.29) is 5.60 Å². The van der Waals surface area contributed by atoms with Crippen LogP contribution in [-0.4, -0.2) is 19.2 Å². The minimum Gasteiger partial charge on any atom is -0.487 e. The van der Waals surface area contributed by atoms with Crippen LogP contribution in [0, 0.1) is 0 Å². The molecule has 0 spiro atoms. The molecule has 1 heterocycles. The highest BCUT2D eigenvalue weighted by molar-refractivity contribution is 5.41. The SMILES string of the molecule is CNCCCCc1ccc2c(c1)CC(C)(C)O2. The van der Waals surface area contributed by atoms with E-state index < -0.39 is 0 Å². The highest BCUT2D eigenvalue weighted by Gasteiger charge is 2.29. The largest absolute Gasteiger partial charge is 0.487 e. The molecule has 94 valence electrons. The van der Waals surface area contributed by atoms with Gasteiger partial charge >= 0.3 is 0 Å². The van der Waals surface area contributed by atoms with Gasteiger partial charge in [-0.05, 0) is 63.9 Å². The van der Waals surface area contributed by atoms with Crippen molar-refractivity contribution in [3.8, 4) is 5.75 Å². The molecule has 2 nitrogen and oxygen atoms in total. The summed E-state index contributed by atoms with van der Waals surface area (Å²) in [5.41, 5.74) is 2.80. The Morgan fingerprint density at radius 3 is 2.88 bits per heavy atom. The van der Waals surface area contributed by atoms with Gasteiger partial charge in [0.15, 0.2) is 0 Å². The molecule has 2 rings (SSSR count). The second kappa shape index (κ2) is 5.09. The average Bonchev–Trinajstić information content (AvgIpc) is 2.57. The second-order valence-corrected chi connectivity index (χ2v) is 5.54. The lowest BCUT2D eigenvalue weighted by molar-refractivity contribution is 0.138. The minimum atomic E-state index is -0.0207. The van der Waals surface area contributed by atoms with E-state index in [4.69, 9.17) is 4.74 Å². The van der Waals surface area contributed by atoms with Gasteiger partial charge in [-0.15, -0.1) is 0 Å². The van der Waals surface area contributed by atoms with E-state index in [2.05, 4.69) is 37.4 Å². The van der Waals surface area contributed by atoms with E-state index in [0.29, 0.717) is 0 Å². The Kier molecular flexibility index (Phi) is 3.72. The quantitative estimate of drug-likeness (QED) is 0.790. The molecule has 0 atom stereocenters. The predicted molar refractivity (Wildman–Crippen MR) is 71.7 cm³/mol. The maximum Gasteiger partial charge on any atom is 0.123 e. The van der Waals surface area contributed by atoms with Crippen molar-refractivity contribution in [3.05, 3.63) is 29.3 Å². The van der Waals surface area contributed by atoms with Gasteiger partial charge in [-0.3, -0.25) is 0 Å². The van der Waals surface area contributed by atoms with Crippen LogP contribution in [0.3, 0.4) is 0 Å². The number of unbranched alkanes of at least 4 members (excludes halogenated alkanes) is 1. The molecule has 0 amide bonds. The molecule has 0 radical (unpaired) electrons. The number of benzene rings is 1. The molecule has 1 N–H and O–H groups in total. The normalized spacial score (nSPS) is 16.6. The van der Waals surface area contributed by atoms with Crippen molar-refractivity contribution < 1.29 is 4.74 Å². The molecular formula is C15H23NO. The van der Waals surface area contributed by atoms with Crippen molar-refractivity contribution in [2.45, 2.75) is 45.1 Å². The number of nitrogens with one attached hydrogen (secondary N) is 1. The molecule has 2 heteroatoms. The van der Waals surface area contributed by atoms with E-state index in [1.165, 1.54) is 30.4 Å². The van der Waals surface area contributed by atoms with Crippen LogP contribution in [0.4, 0.5) is 0 Å². The van der Waals surface area contributed by atoms with E-state index in [1.54, 1.807) is 0 Å². The highest BCUT2D eigenvalue weighted by atomic mass is 16.5. The van der Waals surface area contributed by atoms with Gasteiger partial charge in [-0.25, -0.2) is 0 Å². The molecule has 17 heavy (non-hydrogen) atoms. The number of hydrogen-bond acceptors (Lipinski definition) is 2. The fraction of sp³-hybridized carbons (Fsp3) is 0.600. The molecule has 0 saturated heterocycles. The third-order valence-electron chi connectivity index (χ3n) is 3.27. The van der Waals surface area contributed by atoms with Crippen LogP contribution >= 0.6 is 0 Å². The second-order valence-electron chi connectivity index (χ2n) is 5.54. The van der Waals surface area contributed by atoms with Crippen LogP contribution in [0.15, 0.2) is 18.2 Å². The zero-order chi connectivity index (χ0) is 12.3. The van der Waals surface area contributed by atoms with Gasteiger partial charge in [0.05, 0.1) is 0 Å². The van der Waals surface area contributed by atoms with Crippen molar-refractivity contribution in [2.24, 2.45) is 0 Å². The van der Waals surface area contributed by atoms with Gasteiger partial charge in [0.2, 0.25) is 0 Å². The Labute approximate surface area is 104 Å². The minimum absolute atomic E-state index is 0.0207.